The first-order chi connectivity index (χ1) is 11.6. The summed E-state index contributed by atoms with van der Waals surface area (Å²) in [6.07, 6.45) is 9.93. The van der Waals surface area contributed by atoms with E-state index in [1.54, 1.807) is 0 Å². The van der Waals surface area contributed by atoms with Gasteiger partial charge in [0.15, 0.2) is 0 Å². The molecular weight excluding hydrogens is 304 g/mol. The Bertz CT molecular complexity index is 699. The van der Waals surface area contributed by atoms with Gasteiger partial charge in [-0.05, 0) is 38.5 Å². The van der Waals surface area contributed by atoms with E-state index in [1.165, 1.54) is 11.4 Å². The smallest absolute Gasteiger partial charge is 0.315 e. The molecular formula is C17H24N6O. The molecule has 2 aromatic heterocycles. The number of carbonyl (C=O) groups is 1. The highest BCUT2D eigenvalue weighted by Gasteiger charge is 2.28. The van der Waals surface area contributed by atoms with Crippen LogP contribution in [0.25, 0.3) is 0 Å². The molecule has 128 valence electrons. The third-order valence-corrected chi connectivity index (χ3v) is 5.36. The molecule has 0 fully saturated rings. The summed E-state index contributed by atoms with van der Waals surface area (Å²) in [5, 5.41) is 15.0. The van der Waals surface area contributed by atoms with Gasteiger partial charge in [0.25, 0.3) is 0 Å². The molecule has 2 N–H and O–H groups in total. The van der Waals surface area contributed by atoms with Crippen LogP contribution in [0.2, 0.25) is 0 Å². The molecule has 2 unspecified atom stereocenters. The maximum atomic E-state index is 12.5. The van der Waals surface area contributed by atoms with Crippen molar-refractivity contribution in [1.82, 2.24) is 30.2 Å². The number of urea groups is 1. The SMILES string of the molecule is Cn1ncc2c1CCCC2NC(=O)NC1CCCc2c1cnn2C. The molecule has 0 saturated carbocycles. The molecule has 2 aromatic rings. The van der Waals surface area contributed by atoms with Crippen LogP contribution in [-0.4, -0.2) is 25.6 Å². The quantitative estimate of drug-likeness (QED) is 0.884. The zero-order valence-corrected chi connectivity index (χ0v) is 14.2. The van der Waals surface area contributed by atoms with Gasteiger partial charge in [0.05, 0.1) is 24.5 Å². The van der Waals surface area contributed by atoms with E-state index in [4.69, 9.17) is 0 Å². The van der Waals surface area contributed by atoms with Crippen LogP contribution >= 0.6 is 0 Å². The number of amides is 2. The summed E-state index contributed by atoms with van der Waals surface area (Å²) in [6, 6.07) is 0.0113. The lowest BCUT2D eigenvalue weighted by atomic mass is 9.92. The van der Waals surface area contributed by atoms with Crippen LogP contribution in [0.3, 0.4) is 0 Å². The number of rotatable bonds is 2. The molecule has 2 aliphatic rings. The summed E-state index contributed by atoms with van der Waals surface area (Å²) in [6.45, 7) is 0. The van der Waals surface area contributed by atoms with Gasteiger partial charge in [0.1, 0.15) is 0 Å². The van der Waals surface area contributed by atoms with E-state index in [9.17, 15) is 4.79 Å². The first kappa shape index (κ1) is 15.2. The summed E-state index contributed by atoms with van der Waals surface area (Å²) in [7, 11) is 3.93. The minimum absolute atomic E-state index is 0.0550. The molecule has 0 bridgehead atoms. The van der Waals surface area contributed by atoms with Crippen LogP contribution in [0.1, 0.15) is 60.3 Å². The molecule has 0 saturated heterocycles. The lowest BCUT2D eigenvalue weighted by Gasteiger charge is -2.27. The second kappa shape index (κ2) is 5.96. The second-order valence-corrected chi connectivity index (χ2v) is 6.85. The maximum Gasteiger partial charge on any atom is 0.315 e. The van der Waals surface area contributed by atoms with Crippen LogP contribution in [0, 0.1) is 0 Å². The summed E-state index contributed by atoms with van der Waals surface area (Å²) in [5.74, 6) is 0. The lowest BCUT2D eigenvalue weighted by Crippen LogP contribution is -2.41. The Labute approximate surface area is 141 Å². The van der Waals surface area contributed by atoms with Crippen molar-refractivity contribution in [1.29, 1.82) is 0 Å². The Morgan fingerprint density at radius 1 is 0.958 bits per heavy atom. The van der Waals surface area contributed by atoms with E-state index in [2.05, 4.69) is 20.8 Å². The number of carbonyl (C=O) groups excluding carboxylic acids is 1. The fourth-order valence-electron chi connectivity index (χ4n) is 4.07. The molecule has 2 amide bonds. The van der Waals surface area contributed by atoms with Crippen molar-refractivity contribution in [2.45, 2.75) is 50.6 Å². The van der Waals surface area contributed by atoms with Gasteiger partial charge >= 0.3 is 6.03 Å². The topological polar surface area (TPSA) is 76.8 Å². The molecule has 7 nitrogen and oxygen atoms in total. The molecule has 2 aliphatic carbocycles. The van der Waals surface area contributed by atoms with Crippen molar-refractivity contribution in [2.24, 2.45) is 14.1 Å². The van der Waals surface area contributed by atoms with Gasteiger partial charge in [-0.25, -0.2) is 4.79 Å². The van der Waals surface area contributed by atoms with Crippen molar-refractivity contribution < 1.29 is 4.79 Å². The Balaban J connectivity index is 1.45. The van der Waals surface area contributed by atoms with Crippen molar-refractivity contribution in [3.63, 3.8) is 0 Å². The normalized spacial score (nSPS) is 22.6. The van der Waals surface area contributed by atoms with Crippen molar-refractivity contribution >= 4 is 6.03 Å². The van der Waals surface area contributed by atoms with E-state index in [1.807, 2.05) is 35.9 Å². The summed E-state index contributed by atoms with van der Waals surface area (Å²) >= 11 is 0. The highest BCUT2D eigenvalue weighted by Crippen LogP contribution is 2.31. The standard InChI is InChI=1S/C17H24N6O/c1-22-15-7-3-5-13(11(15)9-18-22)20-17(24)21-14-6-4-8-16-12(14)10-19-23(16)2/h9-10,13-14H,3-8H2,1-2H3,(H2,20,21,24). The zero-order chi connectivity index (χ0) is 16.7. The van der Waals surface area contributed by atoms with E-state index in [0.29, 0.717) is 0 Å². The molecule has 0 spiro atoms. The third-order valence-electron chi connectivity index (χ3n) is 5.36. The van der Waals surface area contributed by atoms with E-state index >= 15 is 0 Å². The predicted octanol–water partition coefficient (Wildman–Crippen LogP) is 1.91. The number of hydrogen-bond donors (Lipinski definition) is 2. The molecule has 2 heterocycles. The lowest BCUT2D eigenvalue weighted by molar-refractivity contribution is 0.230. The Kier molecular flexibility index (Phi) is 3.78. The number of aromatic nitrogens is 4. The van der Waals surface area contributed by atoms with Crippen LogP contribution in [-0.2, 0) is 26.9 Å². The van der Waals surface area contributed by atoms with E-state index < -0.39 is 0 Å². The fourth-order valence-corrected chi connectivity index (χ4v) is 4.07. The number of fused-ring (bicyclic) bond motifs is 2. The minimum atomic E-state index is -0.0987. The number of aryl methyl sites for hydroxylation is 2. The zero-order valence-electron chi connectivity index (χ0n) is 14.2. The molecule has 24 heavy (non-hydrogen) atoms. The highest BCUT2D eigenvalue weighted by molar-refractivity contribution is 5.75. The first-order valence-electron chi connectivity index (χ1n) is 8.72. The monoisotopic (exact) mass is 328 g/mol. The Hall–Kier alpha value is -2.31. The average Bonchev–Trinajstić information content (AvgIpc) is 3.13. The van der Waals surface area contributed by atoms with Crippen LogP contribution < -0.4 is 10.6 Å². The summed E-state index contributed by atoms with van der Waals surface area (Å²) in [4.78, 5) is 12.5. The molecule has 0 radical (unpaired) electrons. The van der Waals surface area contributed by atoms with Gasteiger partial charge in [-0.1, -0.05) is 0 Å². The number of nitrogens with zero attached hydrogens (tertiary/aromatic N) is 4. The van der Waals surface area contributed by atoms with Gasteiger partial charge in [-0.15, -0.1) is 0 Å². The minimum Gasteiger partial charge on any atom is -0.331 e. The molecule has 7 heteroatoms. The van der Waals surface area contributed by atoms with Crippen molar-refractivity contribution in [3.05, 3.63) is 34.9 Å². The Morgan fingerprint density at radius 2 is 1.42 bits per heavy atom. The first-order valence-corrected chi connectivity index (χ1v) is 8.72. The maximum absolute atomic E-state index is 12.5. The van der Waals surface area contributed by atoms with Crippen molar-refractivity contribution in [3.8, 4) is 0 Å². The molecule has 2 atom stereocenters. The summed E-state index contributed by atoms with van der Waals surface area (Å²) < 4.78 is 3.84. The number of nitrogens with one attached hydrogen (secondary N) is 2. The van der Waals surface area contributed by atoms with Gasteiger partial charge < -0.3 is 10.6 Å². The average molecular weight is 328 g/mol. The van der Waals surface area contributed by atoms with E-state index in [-0.39, 0.29) is 18.1 Å². The van der Waals surface area contributed by atoms with Gasteiger partial charge in [0.2, 0.25) is 0 Å². The Morgan fingerprint density at radius 3 is 1.88 bits per heavy atom. The fraction of sp³-hybridized carbons (Fsp3) is 0.588. The third kappa shape index (κ3) is 2.57. The van der Waals surface area contributed by atoms with Crippen LogP contribution in [0.15, 0.2) is 12.4 Å². The predicted molar refractivity (Wildman–Crippen MR) is 89.4 cm³/mol. The second-order valence-electron chi connectivity index (χ2n) is 6.85. The van der Waals surface area contributed by atoms with Crippen LogP contribution in [0.5, 0.6) is 0 Å². The molecule has 0 aromatic carbocycles. The largest absolute Gasteiger partial charge is 0.331 e. The van der Waals surface area contributed by atoms with E-state index in [0.717, 1.165) is 49.7 Å². The number of hydrogen-bond acceptors (Lipinski definition) is 3. The highest BCUT2D eigenvalue weighted by atomic mass is 16.2. The van der Waals surface area contributed by atoms with Gasteiger partial charge in [-0.3, -0.25) is 9.36 Å². The summed E-state index contributed by atoms with van der Waals surface area (Å²) in [5.41, 5.74) is 4.78. The van der Waals surface area contributed by atoms with Crippen molar-refractivity contribution in [2.75, 3.05) is 0 Å². The van der Waals surface area contributed by atoms with Crippen LogP contribution in [0.4, 0.5) is 4.79 Å². The van der Waals surface area contributed by atoms with Gasteiger partial charge in [-0.2, -0.15) is 10.2 Å². The molecule has 0 aliphatic heterocycles. The molecule has 4 rings (SSSR count). The van der Waals surface area contributed by atoms with Gasteiger partial charge in [0, 0.05) is 36.6 Å².